The summed E-state index contributed by atoms with van der Waals surface area (Å²) in [4.78, 5) is 40.3. The lowest BCUT2D eigenvalue weighted by atomic mass is 10.1. The average molecular weight is 646 g/mol. The van der Waals surface area contributed by atoms with Crippen molar-refractivity contribution in [2.75, 3.05) is 32.0 Å². The highest BCUT2D eigenvalue weighted by molar-refractivity contribution is 8.00. The number of anilines is 2. The molecule has 4 rings (SSSR count). The maximum absolute atomic E-state index is 13.7. The molecule has 1 unspecified atom stereocenters. The van der Waals surface area contributed by atoms with Crippen molar-refractivity contribution in [1.29, 1.82) is 0 Å². The smallest absolute Gasteiger partial charge is 0.272 e. The Balaban J connectivity index is 1.57. The maximum atomic E-state index is 13.7. The first-order valence-electron chi connectivity index (χ1n) is 13.7. The van der Waals surface area contributed by atoms with Crippen LogP contribution in [0.4, 0.5) is 11.4 Å². The molecule has 0 aromatic heterocycles. The Morgan fingerprint density at radius 1 is 0.756 bits per heavy atom. The van der Waals surface area contributed by atoms with E-state index in [0.29, 0.717) is 44.8 Å². The summed E-state index contributed by atoms with van der Waals surface area (Å²) >= 11 is 7.26. The van der Waals surface area contributed by atoms with E-state index < -0.39 is 17.1 Å². The highest BCUT2D eigenvalue weighted by Gasteiger charge is 2.19. The molecule has 232 valence electrons. The summed E-state index contributed by atoms with van der Waals surface area (Å²) in [5.74, 6) is 0.0209. The van der Waals surface area contributed by atoms with Gasteiger partial charge in [0.05, 0.1) is 26.6 Å². The lowest BCUT2D eigenvalue weighted by Gasteiger charge is -2.15. The minimum absolute atomic E-state index is 0.0388. The van der Waals surface area contributed by atoms with Crippen molar-refractivity contribution in [3.8, 4) is 17.2 Å². The van der Waals surface area contributed by atoms with E-state index in [-0.39, 0.29) is 11.6 Å². The summed E-state index contributed by atoms with van der Waals surface area (Å²) in [6, 6.07) is 25.8. The molecule has 0 spiro atoms. The van der Waals surface area contributed by atoms with Crippen LogP contribution in [0.2, 0.25) is 5.02 Å². The van der Waals surface area contributed by atoms with Gasteiger partial charge in [-0.1, -0.05) is 35.9 Å². The topological polar surface area (TPSA) is 115 Å². The van der Waals surface area contributed by atoms with E-state index in [1.807, 2.05) is 6.07 Å². The molecular formula is C34H32ClN3O6S. The van der Waals surface area contributed by atoms with Gasteiger partial charge >= 0.3 is 0 Å². The fourth-order valence-electron chi connectivity index (χ4n) is 4.14. The molecular weight excluding hydrogens is 614 g/mol. The van der Waals surface area contributed by atoms with Crippen LogP contribution in [-0.4, -0.2) is 44.3 Å². The van der Waals surface area contributed by atoms with Gasteiger partial charge in [0.15, 0.2) is 11.5 Å². The Labute approximate surface area is 270 Å². The molecule has 0 aliphatic rings. The van der Waals surface area contributed by atoms with Gasteiger partial charge in [0.25, 0.3) is 11.8 Å². The Morgan fingerprint density at radius 2 is 1.42 bits per heavy atom. The van der Waals surface area contributed by atoms with E-state index in [1.165, 1.54) is 39.2 Å². The van der Waals surface area contributed by atoms with Crippen LogP contribution >= 0.6 is 23.4 Å². The number of hydrogen-bond acceptors (Lipinski definition) is 7. The standard InChI is InChI=1S/C34H32ClN3O6S/c1-21(32(39)36-25-15-13-24(35)14-16-25)45-27-12-8-11-26(19-27)37-34(41)28(38-33(40)22-9-6-5-7-10-22)17-23-18-30(43-3)31(44-4)20-29(23)42-2/h5-21H,1-4H3,(H,36,39)(H,37,41)(H,38,40)/b28-17+. The van der Waals surface area contributed by atoms with E-state index >= 15 is 0 Å². The predicted octanol–water partition coefficient (Wildman–Crippen LogP) is 6.89. The Morgan fingerprint density at radius 3 is 2.09 bits per heavy atom. The first-order chi connectivity index (χ1) is 21.7. The van der Waals surface area contributed by atoms with Crippen LogP contribution in [0.3, 0.4) is 0 Å². The largest absolute Gasteiger partial charge is 0.496 e. The predicted molar refractivity (Wildman–Crippen MR) is 178 cm³/mol. The van der Waals surface area contributed by atoms with Crippen molar-refractivity contribution in [2.24, 2.45) is 0 Å². The van der Waals surface area contributed by atoms with Gasteiger partial charge in [-0.3, -0.25) is 14.4 Å². The average Bonchev–Trinajstić information content (AvgIpc) is 3.05. The molecule has 0 aliphatic heterocycles. The van der Waals surface area contributed by atoms with Crippen LogP contribution in [0.5, 0.6) is 17.2 Å². The van der Waals surface area contributed by atoms with Gasteiger partial charge in [-0.2, -0.15) is 0 Å². The number of methoxy groups -OCH3 is 3. The van der Waals surface area contributed by atoms with Gasteiger partial charge in [0.1, 0.15) is 11.4 Å². The summed E-state index contributed by atoms with van der Waals surface area (Å²) in [7, 11) is 4.49. The third-order valence-corrected chi connectivity index (χ3v) is 7.80. The fourth-order valence-corrected chi connectivity index (χ4v) is 5.20. The Kier molecular flexibility index (Phi) is 11.5. The number of thioether (sulfide) groups is 1. The van der Waals surface area contributed by atoms with E-state index in [4.69, 9.17) is 25.8 Å². The van der Waals surface area contributed by atoms with Crippen LogP contribution in [-0.2, 0) is 9.59 Å². The monoisotopic (exact) mass is 645 g/mol. The van der Waals surface area contributed by atoms with E-state index in [9.17, 15) is 14.4 Å². The number of hydrogen-bond donors (Lipinski definition) is 3. The zero-order valence-corrected chi connectivity index (χ0v) is 26.6. The second kappa shape index (κ2) is 15.7. The van der Waals surface area contributed by atoms with Crippen molar-refractivity contribution in [1.82, 2.24) is 5.32 Å². The molecule has 45 heavy (non-hydrogen) atoms. The minimum atomic E-state index is -0.577. The van der Waals surface area contributed by atoms with Crippen LogP contribution < -0.4 is 30.2 Å². The Bertz CT molecular complexity index is 1700. The molecule has 0 radical (unpaired) electrons. The molecule has 3 N–H and O–H groups in total. The van der Waals surface area contributed by atoms with Gasteiger partial charge in [-0.05, 0) is 73.7 Å². The lowest BCUT2D eigenvalue weighted by molar-refractivity contribution is -0.115. The van der Waals surface area contributed by atoms with E-state index in [0.717, 1.165) is 4.90 Å². The van der Waals surface area contributed by atoms with Crippen LogP contribution in [0.1, 0.15) is 22.8 Å². The molecule has 4 aromatic rings. The first kappa shape index (κ1) is 33.0. The second-order valence-electron chi connectivity index (χ2n) is 9.57. The Hall–Kier alpha value is -4.93. The third kappa shape index (κ3) is 9.04. The number of carbonyl (C=O) groups excluding carboxylic acids is 3. The zero-order chi connectivity index (χ0) is 32.3. The third-order valence-electron chi connectivity index (χ3n) is 6.45. The summed E-state index contributed by atoms with van der Waals surface area (Å²) < 4.78 is 16.3. The van der Waals surface area contributed by atoms with E-state index in [2.05, 4.69) is 16.0 Å². The molecule has 0 fully saturated rings. The summed E-state index contributed by atoms with van der Waals surface area (Å²) in [5, 5.41) is 8.58. The van der Waals surface area contributed by atoms with Crippen molar-refractivity contribution < 1.29 is 28.6 Å². The van der Waals surface area contributed by atoms with Gasteiger partial charge in [0, 0.05) is 38.5 Å². The van der Waals surface area contributed by atoms with Crippen molar-refractivity contribution >= 4 is 58.5 Å². The number of carbonyl (C=O) groups is 3. The highest BCUT2D eigenvalue weighted by atomic mass is 35.5. The number of halogens is 1. The number of benzene rings is 4. The van der Waals surface area contributed by atoms with Crippen LogP contribution in [0.25, 0.3) is 6.08 Å². The van der Waals surface area contributed by atoms with Gasteiger partial charge in [-0.15, -0.1) is 11.8 Å². The number of rotatable bonds is 12. The summed E-state index contributed by atoms with van der Waals surface area (Å²) in [5.41, 5.74) is 1.91. The summed E-state index contributed by atoms with van der Waals surface area (Å²) in [6.45, 7) is 1.79. The molecule has 1 atom stereocenters. The number of ether oxygens (including phenoxy) is 3. The molecule has 0 saturated heterocycles. The van der Waals surface area contributed by atoms with Crippen molar-refractivity contribution in [3.63, 3.8) is 0 Å². The van der Waals surface area contributed by atoms with Crippen LogP contribution in [0.15, 0.2) is 102 Å². The molecule has 0 heterocycles. The zero-order valence-electron chi connectivity index (χ0n) is 25.1. The number of amides is 3. The fraction of sp³-hybridized carbons (Fsp3) is 0.147. The molecule has 0 aliphatic carbocycles. The lowest BCUT2D eigenvalue weighted by Crippen LogP contribution is -2.30. The molecule has 0 bridgehead atoms. The minimum Gasteiger partial charge on any atom is -0.496 e. The maximum Gasteiger partial charge on any atom is 0.272 e. The molecule has 4 aromatic carbocycles. The van der Waals surface area contributed by atoms with Crippen molar-refractivity contribution in [3.05, 3.63) is 113 Å². The van der Waals surface area contributed by atoms with Gasteiger partial charge in [-0.25, -0.2) is 0 Å². The molecule has 9 nitrogen and oxygen atoms in total. The molecule has 3 amide bonds. The first-order valence-corrected chi connectivity index (χ1v) is 15.0. The SMILES string of the molecule is COc1cc(OC)c(OC)cc1/C=C(/NC(=O)c1ccccc1)C(=O)Nc1cccc(SC(C)C(=O)Nc2ccc(Cl)cc2)c1. The molecule has 11 heteroatoms. The second-order valence-corrected chi connectivity index (χ2v) is 11.4. The molecule has 0 saturated carbocycles. The highest BCUT2D eigenvalue weighted by Crippen LogP contribution is 2.36. The number of nitrogens with one attached hydrogen (secondary N) is 3. The van der Waals surface area contributed by atoms with Gasteiger partial charge in [0.2, 0.25) is 5.91 Å². The van der Waals surface area contributed by atoms with Crippen molar-refractivity contribution in [2.45, 2.75) is 17.1 Å². The van der Waals surface area contributed by atoms with E-state index in [1.54, 1.807) is 91.9 Å². The quantitative estimate of drug-likeness (QED) is 0.113. The van der Waals surface area contributed by atoms with Gasteiger partial charge < -0.3 is 30.2 Å². The normalized spacial score (nSPS) is 11.6. The summed E-state index contributed by atoms with van der Waals surface area (Å²) in [6.07, 6.45) is 1.50. The van der Waals surface area contributed by atoms with Crippen LogP contribution in [0, 0.1) is 0 Å².